The fourth-order valence-electron chi connectivity index (χ4n) is 4.24. The van der Waals surface area contributed by atoms with Gasteiger partial charge in [0.2, 0.25) is 5.96 Å². The minimum Gasteiger partial charge on any atom is -0.357 e. The molecular formula is C18H22N6. The number of benzene rings is 1. The van der Waals surface area contributed by atoms with Gasteiger partial charge in [0.1, 0.15) is 0 Å². The summed E-state index contributed by atoms with van der Waals surface area (Å²) in [6.07, 6.45) is 5.05. The molecule has 1 spiro atoms. The van der Waals surface area contributed by atoms with Crippen molar-refractivity contribution in [1.29, 1.82) is 5.26 Å². The van der Waals surface area contributed by atoms with Gasteiger partial charge in [0, 0.05) is 43.3 Å². The van der Waals surface area contributed by atoms with Gasteiger partial charge in [-0.15, -0.1) is 0 Å². The second-order valence-corrected chi connectivity index (χ2v) is 6.55. The van der Waals surface area contributed by atoms with Crippen LogP contribution in [0.2, 0.25) is 0 Å². The highest BCUT2D eigenvalue weighted by molar-refractivity contribution is 5.85. The maximum Gasteiger partial charge on any atom is 0.207 e. The molecule has 24 heavy (non-hydrogen) atoms. The van der Waals surface area contributed by atoms with Crippen LogP contribution < -0.4 is 10.6 Å². The van der Waals surface area contributed by atoms with E-state index < -0.39 is 0 Å². The van der Waals surface area contributed by atoms with Gasteiger partial charge < -0.3 is 15.2 Å². The van der Waals surface area contributed by atoms with Crippen molar-refractivity contribution >= 4 is 16.9 Å². The van der Waals surface area contributed by atoms with E-state index in [-0.39, 0.29) is 5.54 Å². The van der Waals surface area contributed by atoms with E-state index >= 15 is 0 Å². The van der Waals surface area contributed by atoms with Crippen LogP contribution >= 0.6 is 0 Å². The molecule has 1 aromatic heterocycles. The third kappa shape index (κ3) is 2.24. The maximum atomic E-state index is 8.87. The van der Waals surface area contributed by atoms with Crippen LogP contribution in [0.3, 0.4) is 0 Å². The molecule has 0 bridgehead atoms. The second-order valence-electron chi connectivity index (χ2n) is 6.55. The molecule has 1 saturated heterocycles. The number of H-pyrrole nitrogens is 1. The summed E-state index contributed by atoms with van der Waals surface area (Å²) in [6.45, 7) is 2.77. The van der Waals surface area contributed by atoms with Crippen molar-refractivity contribution in [2.45, 2.75) is 24.8 Å². The Morgan fingerprint density at radius 2 is 2.12 bits per heavy atom. The van der Waals surface area contributed by atoms with E-state index in [4.69, 9.17) is 5.26 Å². The fraction of sp³-hybridized carbons (Fsp3) is 0.444. The third-order valence-corrected chi connectivity index (χ3v) is 5.43. The summed E-state index contributed by atoms with van der Waals surface area (Å²) >= 11 is 0. The molecule has 0 aliphatic carbocycles. The average molecular weight is 322 g/mol. The van der Waals surface area contributed by atoms with E-state index in [9.17, 15) is 0 Å². The monoisotopic (exact) mass is 322 g/mol. The molecule has 6 nitrogen and oxygen atoms in total. The van der Waals surface area contributed by atoms with Gasteiger partial charge in [-0.25, -0.2) is 0 Å². The van der Waals surface area contributed by atoms with Crippen LogP contribution in [-0.2, 0) is 12.0 Å². The first kappa shape index (κ1) is 15.0. The fourth-order valence-corrected chi connectivity index (χ4v) is 4.24. The summed E-state index contributed by atoms with van der Waals surface area (Å²) < 4.78 is 0. The van der Waals surface area contributed by atoms with E-state index in [1.54, 1.807) is 7.05 Å². The highest BCUT2D eigenvalue weighted by Gasteiger charge is 2.41. The Balaban J connectivity index is 1.64. The largest absolute Gasteiger partial charge is 0.357 e. The highest BCUT2D eigenvalue weighted by Crippen LogP contribution is 2.39. The number of guanidine groups is 1. The Bertz CT molecular complexity index is 820. The van der Waals surface area contributed by atoms with E-state index in [1.165, 1.54) is 22.2 Å². The van der Waals surface area contributed by atoms with Crippen molar-refractivity contribution in [3.63, 3.8) is 0 Å². The Morgan fingerprint density at radius 1 is 1.33 bits per heavy atom. The van der Waals surface area contributed by atoms with E-state index in [0.29, 0.717) is 5.96 Å². The first-order valence-electron chi connectivity index (χ1n) is 8.49. The molecule has 3 N–H and O–H groups in total. The number of aromatic amines is 1. The number of nitriles is 1. The lowest BCUT2D eigenvalue weighted by Crippen LogP contribution is -2.56. The normalized spacial score (nSPS) is 20.0. The minimum absolute atomic E-state index is 0.00853. The predicted octanol–water partition coefficient (Wildman–Crippen LogP) is 1.66. The molecule has 0 unspecified atom stereocenters. The quantitative estimate of drug-likeness (QED) is 0.298. The molecule has 1 aromatic carbocycles. The molecule has 0 saturated carbocycles. The number of para-hydroxylation sites is 1. The molecule has 0 radical (unpaired) electrons. The standard InChI is InChI=1S/C18H22N6/c1-20-17(21-12-19)24-10-7-18(8-11-24)16-14(6-9-22-18)13-4-2-3-5-15(13)23-16/h2-5,22-23H,6-11H2,1H3,(H,20,21). The summed E-state index contributed by atoms with van der Waals surface area (Å²) in [5.74, 6) is 0.667. The van der Waals surface area contributed by atoms with Crippen molar-refractivity contribution in [3.8, 4) is 6.19 Å². The molecule has 2 aliphatic rings. The Labute approximate surface area is 141 Å². The summed E-state index contributed by atoms with van der Waals surface area (Å²) in [4.78, 5) is 10.0. The number of fused-ring (bicyclic) bond motifs is 4. The molecule has 124 valence electrons. The van der Waals surface area contributed by atoms with Crippen molar-refractivity contribution in [2.24, 2.45) is 4.99 Å². The zero-order valence-electron chi connectivity index (χ0n) is 13.9. The van der Waals surface area contributed by atoms with Gasteiger partial charge in [0.15, 0.2) is 6.19 Å². The second kappa shape index (κ2) is 5.84. The number of hydrogen-bond donors (Lipinski definition) is 3. The zero-order valence-corrected chi connectivity index (χ0v) is 13.9. The Hall–Kier alpha value is -2.52. The molecular weight excluding hydrogens is 300 g/mol. The molecule has 4 rings (SSSR count). The van der Waals surface area contributed by atoms with Crippen LogP contribution in [0.1, 0.15) is 24.1 Å². The number of piperidine rings is 1. The summed E-state index contributed by atoms with van der Waals surface area (Å²) in [6, 6.07) is 8.59. The van der Waals surface area contributed by atoms with Gasteiger partial charge in [-0.2, -0.15) is 5.26 Å². The van der Waals surface area contributed by atoms with Gasteiger partial charge in [-0.3, -0.25) is 10.3 Å². The lowest BCUT2D eigenvalue weighted by molar-refractivity contribution is 0.172. The number of nitrogens with zero attached hydrogens (tertiary/aromatic N) is 3. The van der Waals surface area contributed by atoms with Crippen LogP contribution in [-0.4, -0.2) is 42.5 Å². The van der Waals surface area contributed by atoms with Crippen LogP contribution in [0.25, 0.3) is 10.9 Å². The number of likely N-dealkylation sites (tertiary alicyclic amines) is 1. The van der Waals surface area contributed by atoms with E-state index in [1.807, 2.05) is 6.19 Å². The maximum absolute atomic E-state index is 8.87. The van der Waals surface area contributed by atoms with Gasteiger partial charge in [0.05, 0.1) is 5.54 Å². The van der Waals surface area contributed by atoms with Crippen molar-refractivity contribution in [3.05, 3.63) is 35.5 Å². The van der Waals surface area contributed by atoms with Gasteiger partial charge in [0.25, 0.3) is 0 Å². The lowest BCUT2D eigenvalue weighted by Gasteiger charge is -2.45. The van der Waals surface area contributed by atoms with Gasteiger partial charge >= 0.3 is 0 Å². The SMILES string of the molecule is CN=C(NC#N)N1CCC2(CC1)NCCc1c2[nH]c2ccccc12. The number of rotatable bonds is 0. The summed E-state index contributed by atoms with van der Waals surface area (Å²) in [7, 11) is 1.72. The molecule has 6 heteroatoms. The van der Waals surface area contributed by atoms with E-state index in [0.717, 1.165) is 38.9 Å². The Morgan fingerprint density at radius 3 is 2.88 bits per heavy atom. The Kier molecular flexibility index (Phi) is 3.66. The molecule has 3 heterocycles. The van der Waals surface area contributed by atoms with Gasteiger partial charge in [-0.1, -0.05) is 18.2 Å². The molecule has 2 aromatic rings. The lowest BCUT2D eigenvalue weighted by atomic mass is 9.79. The van der Waals surface area contributed by atoms with E-state index in [2.05, 4.69) is 49.8 Å². The van der Waals surface area contributed by atoms with Crippen LogP contribution in [0.15, 0.2) is 29.3 Å². The van der Waals surface area contributed by atoms with Crippen LogP contribution in [0.4, 0.5) is 0 Å². The topological polar surface area (TPSA) is 79.2 Å². The average Bonchev–Trinajstić information content (AvgIpc) is 3.01. The minimum atomic E-state index is 0.00853. The molecule has 0 amide bonds. The van der Waals surface area contributed by atoms with Crippen LogP contribution in [0.5, 0.6) is 0 Å². The molecule has 2 aliphatic heterocycles. The van der Waals surface area contributed by atoms with Gasteiger partial charge in [-0.05, 0) is 30.9 Å². The van der Waals surface area contributed by atoms with Crippen molar-refractivity contribution in [2.75, 3.05) is 26.7 Å². The smallest absolute Gasteiger partial charge is 0.207 e. The highest BCUT2D eigenvalue weighted by atomic mass is 15.3. The third-order valence-electron chi connectivity index (χ3n) is 5.43. The number of aliphatic imine (C=N–C) groups is 1. The molecule has 0 atom stereocenters. The predicted molar refractivity (Wildman–Crippen MR) is 94.6 cm³/mol. The van der Waals surface area contributed by atoms with Crippen molar-refractivity contribution < 1.29 is 0 Å². The summed E-state index contributed by atoms with van der Waals surface area (Å²) in [5, 5.41) is 16.7. The zero-order chi connectivity index (χ0) is 16.6. The van der Waals surface area contributed by atoms with Crippen molar-refractivity contribution in [1.82, 2.24) is 20.5 Å². The molecule has 1 fully saturated rings. The number of nitrogens with one attached hydrogen (secondary N) is 3. The first-order valence-corrected chi connectivity index (χ1v) is 8.49. The number of aromatic nitrogens is 1. The summed E-state index contributed by atoms with van der Waals surface area (Å²) in [5.41, 5.74) is 4.07. The number of hydrogen-bond acceptors (Lipinski definition) is 3. The van der Waals surface area contributed by atoms with Crippen LogP contribution in [0, 0.1) is 11.5 Å². The first-order chi connectivity index (χ1) is 11.8.